The predicted molar refractivity (Wildman–Crippen MR) is 127 cm³/mol. The number of carbonyl (C=O) groups is 3. The minimum absolute atomic E-state index is 0.162. The number of methoxy groups -OCH3 is 3. The standard InChI is InChI=1S/C24H37FN2O8/c1-22(2,3)24(20(29)30,27-21(31)35-23(4,5)6)12-16(25)19(28)26-13-15-17(33-8)10-14(32-7)11-18(15)34-9/h10-11,16H,12-13H2,1-9H3,(H,26,28)(H,27,31)(H,29,30). The average Bonchev–Trinajstić information content (AvgIpc) is 2.73. The molecule has 0 fully saturated rings. The van der Waals surface area contributed by atoms with Crippen LogP contribution in [0.25, 0.3) is 0 Å². The van der Waals surface area contributed by atoms with E-state index in [1.807, 2.05) is 0 Å². The Morgan fingerprint density at radius 3 is 1.86 bits per heavy atom. The van der Waals surface area contributed by atoms with Crippen LogP contribution in [0.2, 0.25) is 0 Å². The van der Waals surface area contributed by atoms with E-state index in [2.05, 4.69) is 10.6 Å². The van der Waals surface area contributed by atoms with Gasteiger partial charge in [0.1, 0.15) is 28.4 Å². The topological polar surface area (TPSA) is 132 Å². The Hall–Kier alpha value is -3.24. The summed E-state index contributed by atoms with van der Waals surface area (Å²) in [6, 6.07) is 3.16. The highest BCUT2D eigenvalue weighted by atomic mass is 19.1. The highest BCUT2D eigenvalue weighted by Crippen LogP contribution is 2.37. The van der Waals surface area contributed by atoms with E-state index < -0.39 is 47.1 Å². The van der Waals surface area contributed by atoms with Gasteiger partial charge < -0.3 is 34.7 Å². The van der Waals surface area contributed by atoms with E-state index in [1.165, 1.54) is 42.1 Å². The second-order valence-electron chi connectivity index (χ2n) is 9.99. The zero-order valence-corrected chi connectivity index (χ0v) is 21.8. The van der Waals surface area contributed by atoms with Gasteiger partial charge in [-0.05, 0) is 26.2 Å². The van der Waals surface area contributed by atoms with E-state index >= 15 is 4.39 Å². The summed E-state index contributed by atoms with van der Waals surface area (Å²) >= 11 is 0. The molecule has 0 bridgehead atoms. The fourth-order valence-electron chi connectivity index (χ4n) is 3.38. The Kier molecular flexibility index (Phi) is 9.75. The summed E-state index contributed by atoms with van der Waals surface area (Å²) in [7, 11) is 4.31. The van der Waals surface area contributed by atoms with E-state index in [1.54, 1.807) is 32.9 Å². The van der Waals surface area contributed by atoms with Crippen molar-refractivity contribution in [2.45, 2.75) is 71.8 Å². The molecule has 0 saturated carbocycles. The molecule has 0 aromatic heterocycles. The van der Waals surface area contributed by atoms with Crippen LogP contribution in [0.1, 0.15) is 53.5 Å². The molecule has 0 radical (unpaired) electrons. The largest absolute Gasteiger partial charge is 0.496 e. The van der Waals surface area contributed by atoms with Crippen molar-refractivity contribution in [1.82, 2.24) is 10.6 Å². The number of carboxylic acid groups (broad SMARTS) is 1. The fourth-order valence-corrected chi connectivity index (χ4v) is 3.38. The van der Waals surface area contributed by atoms with E-state index in [4.69, 9.17) is 18.9 Å². The Bertz CT molecular complexity index is 898. The van der Waals surface area contributed by atoms with Gasteiger partial charge >= 0.3 is 12.1 Å². The zero-order chi connectivity index (χ0) is 27.2. The first-order valence-corrected chi connectivity index (χ1v) is 11.0. The Morgan fingerprint density at radius 2 is 1.49 bits per heavy atom. The van der Waals surface area contributed by atoms with Crippen molar-refractivity contribution in [3.05, 3.63) is 17.7 Å². The van der Waals surface area contributed by atoms with Gasteiger partial charge in [0.15, 0.2) is 6.17 Å². The number of alkyl carbamates (subject to hydrolysis) is 1. The van der Waals surface area contributed by atoms with Crippen LogP contribution in [0.4, 0.5) is 9.18 Å². The van der Waals surface area contributed by atoms with Gasteiger partial charge in [0.25, 0.3) is 5.91 Å². The first kappa shape index (κ1) is 29.8. The second-order valence-corrected chi connectivity index (χ2v) is 9.99. The Morgan fingerprint density at radius 1 is 0.971 bits per heavy atom. The van der Waals surface area contributed by atoms with Crippen LogP contribution in [0.3, 0.4) is 0 Å². The molecule has 35 heavy (non-hydrogen) atoms. The smallest absolute Gasteiger partial charge is 0.408 e. The van der Waals surface area contributed by atoms with E-state index in [0.29, 0.717) is 22.8 Å². The summed E-state index contributed by atoms with van der Waals surface area (Å²) in [4.78, 5) is 37.4. The van der Waals surface area contributed by atoms with Crippen molar-refractivity contribution in [2.24, 2.45) is 5.41 Å². The first-order chi connectivity index (χ1) is 16.0. The molecular formula is C24H37FN2O8. The number of hydrogen-bond donors (Lipinski definition) is 3. The van der Waals surface area contributed by atoms with Crippen molar-refractivity contribution >= 4 is 18.0 Å². The highest BCUT2D eigenvalue weighted by molar-refractivity contribution is 5.88. The maximum Gasteiger partial charge on any atom is 0.408 e. The molecule has 1 aromatic rings. The van der Waals surface area contributed by atoms with Crippen molar-refractivity contribution in [1.29, 1.82) is 0 Å². The van der Waals surface area contributed by atoms with Crippen LogP contribution in [-0.4, -0.2) is 61.7 Å². The number of aliphatic carboxylic acids is 1. The number of rotatable bonds is 10. The van der Waals surface area contributed by atoms with Crippen molar-refractivity contribution < 1.29 is 42.8 Å². The van der Waals surface area contributed by atoms with Gasteiger partial charge in [0.2, 0.25) is 0 Å². The van der Waals surface area contributed by atoms with E-state index in [0.717, 1.165) is 0 Å². The maximum absolute atomic E-state index is 15.2. The van der Waals surface area contributed by atoms with Crippen molar-refractivity contribution in [3.8, 4) is 17.2 Å². The molecule has 2 amide bonds. The number of alkyl halides is 1. The molecule has 11 heteroatoms. The van der Waals surface area contributed by atoms with Crippen LogP contribution >= 0.6 is 0 Å². The zero-order valence-electron chi connectivity index (χ0n) is 21.8. The lowest BCUT2D eigenvalue weighted by Gasteiger charge is -2.42. The van der Waals surface area contributed by atoms with Gasteiger partial charge in [-0.15, -0.1) is 0 Å². The molecule has 2 unspecified atom stereocenters. The van der Waals surface area contributed by atoms with Crippen LogP contribution in [0.15, 0.2) is 12.1 Å². The molecule has 0 saturated heterocycles. The minimum atomic E-state index is -2.27. The average molecular weight is 501 g/mol. The number of amides is 2. The van der Waals surface area contributed by atoms with Gasteiger partial charge in [-0.2, -0.15) is 0 Å². The molecule has 10 nitrogen and oxygen atoms in total. The van der Waals surface area contributed by atoms with Crippen molar-refractivity contribution in [2.75, 3.05) is 21.3 Å². The summed E-state index contributed by atoms with van der Waals surface area (Å²) in [5, 5.41) is 14.8. The number of ether oxygens (including phenoxy) is 4. The van der Waals surface area contributed by atoms with Crippen molar-refractivity contribution in [3.63, 3.8) is 0 Å². The molecular weight excluding hydrogens is 463 g/mol. The van der Waals surface area contributed by atoms with Crippen LogP contribution in [0.5, 0.6) is 17.2 Å². The number of benzene rings is 1. The quantitative estimate of drug-likeness (QED) is 0.445. The lowest BCUT2D eigenvalue weighted by molar-refractivity contribution is -0.152. The minimum Gasteiger partial charge on any atom is -0.496 e. The second kappa shape index (κ2) is 11.5. The van der Waals surface area contributed by atoms with Gasteiger partial charge in [0.05, 0.1) is 33.4 Å². The predicted octanol–water partition coefficient (Wildman–Crippen LogP) is 3.45. The SMILES string of the molecule is COc1cc(OC)c(CNC(=O)C(F)CC(NC(=O)OC(C)(C)C)(C(=O)O)C(C)(C)C)c(OC)c1. The molecule has 3 N–H and O–H groups in total. The molecule has 0 aliphatic rings. The number of hydrogen-bond acceptors (Lipinski definition) is 7. The first-order valence-electron chi connectivity index (χ1n) is 11.0. The Labute approximate surface area is 205 Å². The van der Waals surface area contributed by atoms with Gasteiger partial charge in [0, 0.05) is 18.6 Å². The fraction of sp³-hybridized carbons (Fsp3) is 0.625. The molecule has 2 atom stereocenters. The number of carbonyl (C=O) groups excluding carboxylic acids is 2. The molecule has 0 aliphatic carbocycles. The summed E-state index contributed by atoms with van der Waals surface area (Å²) < 4.78 is 36.2. The number of halogens is 1. The lowest BCUT2D eigenvalue weighted by Crippen LogP contribution is -2.64. The molecule has 0 aliphatic heterocycles. The van der Waals surface area contributed by atoms with Crippen LogP contribution < -0.4 is 24.8 Å². The summed E-state index contributed by atoms with van der Waals surface area (Å²) in [5.41, 5.74) is -3.79. The highest BCUT2D eigenvalue weighted by Gasteiger charge is 2.53. The van der Waals surface area contributed by atoms with E-state index in [-0.39, 0.29) is 6.54 Å². The molecule has 0 spiro atoms. The Balaban J connectivity index is 3.15. The maximum atomic E-state index is 15.2. The lowest BCUT2D eigenvalue weighted by atomic mass is 9.70. The van der Waals surface area contributed by atoms with E-state index in [9.17, 15) is 19.5 Å². The third-order valence-corrected chi connectivity index (χ3v) is 5.39. The summed E-state index contributed by atoms with van der Waals surface area (Å²) in [6.45, 7) is 9.24. The number of nitrogens with one attached hydrogen (secondary N) is 2. The molecule has 0 heterocycles. The summed E-state index contributed by atoms with van der Waals surface area (Å²) in [6.07, 6.45) is -4.13. The number of carboxylic acids is 1. The molecule has 1 rings (SSSR count). The summed E-state index contributed by atoms with van der Waals surface area (Å²) in [5.74, 6) is -1.41. The van der Waals surface area contributed by atoms with Crippen LogP contribution in [-0.2, 0) is 20.9 Å². The van der Waals surface area contributed by atoms with Gasteiger partial charge in [-0.25, -0.2) is 14.0 Å². The third-order valence-electron chi connectivity index (χ3n) is 5.39. The third kappa shape index (κ3) is 7.63. The van der Waals surface area contributed by atoms with Gasteiger partial charge in [-0.1, -0.05) is 20.8 Å². The molecule has 198 valence electrons. The normalized spacial score (nSPS) is 14.2. The van der Waals surface area contributed by atoms with Crippen LogP contribution in [0, 0.1) is 5.41 Å². The molecule has 1 aromatic carbocycles. The van der Waals surface area contributed by atoms with Gasteiger partial charge in [-0.3, -0.25) is 4.79 Å². The monoisotopic (exact) mass is 500 g/mol.